The minimum Gasteiger partial charge on any atom is -0.493 e. The Morgan fingerprint density at radius 2 is 1.86 bits per heavy atom. The van der Waals surface area contributed by atoms with Gasteiger partial charge in [-0.05, 0) is 31.0 Å². The first-order chi connectivity index (χ1) is 6.61. The zero-order valence-corrected chi connectivity index (χ0v) is 9.13. The molecule has 0 unspecified atom stereocenters. The van der Waals surface area contributed by atoms with Crippen LogP contribution in [0.15, 0.2) is 12.1 Å². The number of nitrogens with two attached hydrogens (primary N) is 1. The molecule has 0 bridgehead atoms. The monoisotopic (exact) mass is 195 g/mol. The zero-order chi connectivity index (χ0) is 10.7. The summed E-state index contributed by atoms with van der Waals surface area (Å²) in [6, 6.07) is 3.86. The summed E-state index contributed by atoms with van der Waals surface area (Å²) in [5.74, 6) is 1.51. The molecule has 1 aromatic carbocycles. The van der Waals surface area contributed by atoms with Gasteiger partial charge in [0.25, 0.3) is 0 Å². The second-order valence-electron chi connectivity index (χ2n) is 3.30. The first kappa shape index (κ1) is 10.9. The fourth-order valence-corrected chi connectivity index (χ4v) is 1.59. The van der Waals surface area contributed by atoms with E-state index in [4.69, 9.17) is 15.2 Å². The Morgan fingerprint density at radius 3 is 2.29 bits per heavy atom. The highest BCUT2D eigenvalue weighted by Gasteiger charge is 2.12. The first-order valence-electron chi connectivity index (χ1n) is 4.58. The molecule has 0 aliphatic heterocycles. The molecular formula is C11H17NO2. The molecule has 0 aliphatic rings. The fourth-order valence-electron chi connectivity index (χ4n) is 1.59. The van der Waals surface area contributed by atoms with Crippen LogP contribution in [0.2, 0.25) is 0 Å². The van der Waals surface area contributed by atoms with E-state index in [0.29, 0.717) is 0 Å². The Bertz CT molecular complexity index is 321. The summed E-state index contributed by atoms with van der Waals surface area (Å²) in [4.78, 5) is 0. The molecule has 1 atom stereocenters. The molecule has 0 amide bonds. The van der Waals surface area contributed by atoms with Crippen molar-refractivity contribution in [3.63, 3.8) is 0 Å². The maximum Gasteiger partial charge on any atom is 0.163 e. The molecule has 3 heteroatoms. The van der Waals surface area contributed by atoms with Crippen LogP contribution < -0.4 is 15.2 Å². The third-order valence-corrected chi connectivity index (χ3v) is 2.33. The number of ether oxygens (including phenoxy) is 2. The number of rotatable bonds is 3. The Balaban J connectivity index is 3.27. The SMILES string of the molecule is COc1ccc([C@H](C)N)c(C)c1OC. The molecule has 0 heterocycles. The standard InChI is InChI=1S/C11H17NO2/c1-7-9(8(2)12)5-6-10(13-3)11(7)14-4/h5-6,8H,12H2,1-4H3/t8-/m0/s1. The van der Waals surface area contributed by atoms with Gasteiger partial charge in [-0.1, -0.05) is 6.07 Å². The molecule has 2 N–H and O–H groups in total. The van der Waals surface area contributed by atoms with E-state index in [1.807, 2.05) is 26.0 Å². The summed E-state index contributed by atoms with van der Waals surface area (Å²) >= 11 is 0. The van der Waals surface area contributed by atoms with Gasteiger partial charge in [0.1, 0.15) is 0 Å². The number of hydrogen-bond acceptors (Lipinski definition) is 3. The Morgan fingerprint density at radius 1 is 1.21 bits per heavy atom. The van der Waals surface area contributed by atoms with Gasteiger partial charge in [0.15, 0.2) is 11.5 Å². The summed E-state index contributed by atoms with van der Waals surface area (Å²) in [7, 11) is 3.26. The van der Waals surface area contributed by atoms with Crippen LogP contribution in [0.4, 0.5) is 0 Å². The fraction of sp³-hybridized carbons (Fsp3) is 0.455. The highest BCUT2D eigenvalue weighted by Crippen LogP contribution is 2.34. The zero-order valence-electron chi connectivity index (χ0n) is 9.13. The van der Waals surface area contributed by atoms with Gasteiger partial charge in [-0.2, -0.15) is 0 Å². The molecule has 78 valence electrons. The lowest BCUT2D eigenvalue weighted by Crippen LogP contribution is -2.08. The topological polar surface area (TPSA) is 44.5 Å². The minimum absolute atomic E-state index is 0.00908. The lowest BCUT2D eigenvalue weighted by Gasteiger charge is -2.15. The molecule has 1 rings (SSSR count). The third kappa shape index (κ3) is 1.82. The average molecular weight is 195 g/mol. The van der Waals surface area contributed by atoms with Crippen LogP contribution >= 0.6 is 0 Å². The smallest absolute Gasteiger partial charge is 0.163 e. The molecular weight excluding hydrogens is 178 g/mol. The van der Waals surface area contributed by atoms with Crippen molar-refractivity contribution in [3.05, 3.63) is 23.3 Å². The Kier molecular flexibility index (Phi) is 3.36. The van der Waals surface area contributed by atoms with Gasteiger partial charge in [0.05, 0.1) is 14.2 Å². The van der Waals surface area contributed by atoms with Gasteiger partial charge in [-0.15, -0.1) is 0 Å². The average Bonchev–Trinajstić information content (AvgIpc) is 2.16. The highest BCUT2D eigenvalue weighted by atomic mass is 16.5. The van der Waals surface area contributed by atoms with Crippen molar-refractivity contribution in [2.45, 2.75) is 19.9 Å². The van der Waals surface area contributed by atoms with Crippen LogP contribution in [0.1, 0.15) is 24.1 Å². The van der Waals surface area contributed by atoms with E-state index >= 15 is 0 Å². The molecule has 3 nitrogen and oxygen atoms in total. The van der Waals surface area contributed by atoms with Gasteiger partial charge >= 0.3 is 0 Å². The van der Waals surface area contributed by atoms with E-state index in [0.717, 1.165) is 22.6 Å². The van der Waals surface area contributed by atoms with Gasteiger partial charge in [-0.25, -0.2) is 0 Å². The molecule has 0 spiro atoms. The summed E-state index contributed by atoms with van der Waals surface area (Å²) in [6.07, 6.45) is 0. The highest BCUT2D eigenvalue weighted by molar-refractivity contribution is 5.50. The molecule has 14 heavy (non-hydrogen) atoms. The largest absolute Gasteiger partial charge is 0.493 e. The van der Waals surface area contributed by atoms with Gasteiger partial charge < -0.3 is 15.2 Å². The van der Waals surface area contributed by atoms with Crippen LogP contribution in [-0.4, -0.2) is 14.2 Å². The molecule has 0 saturated heterocycles. The Hall–Kier alpha value is -1.22. The van der Waals surface area contributed by atoms with Gasteiger partial charge in [0, 0.05) is 6.04 Å². The van der Waals surface area contributed by atoms with Crippen LogP contribution in [0.3, 0.4) is 0 Å². The second-order valence-corrected chi connectivity index (χ2v) is 3.30. The van der Waals surface area contributed by atoms with E-state index in [9.17, 15) is 0 Å². The van der Waals surface area contributed by atoms with Crippen LogP contribution in [0, 0.1) is 6.92 Å². The van der Waals surface area contributed by atoms with Crippen LogP contribution in [0.5, 0.6) is 11.5 Å². The predicted molar refractivity (Wildman–Crippen MR) is 56.9 cm³/mol. The number of benzene rings is 1. The summed E-state index contributed by atoms with van der Waals surface area (Å²) in [5, 5.41) is 0. The molecule has 0 radical (unpaired) electrons. The first-order valence-corrected chi connectivity index (χ1v) is 4.58. The summed E-state index contributed by atoms with van der Waals surface area (Å²) < 4.78 is 10.5. The van der Waals surface area contributed by atoms with Crippen molar-refractivity contribution in [1.29, 1.82) is 0 Å². The molecule has 0 fully saturated rings. The van der Waals surface area contributed by atoms with E-state index in [1.54, 1.807) is 14.2 Å². The maximum absolute atomic E-state index is 5.83. The van der Waals surface area contributed by atoms with Crippen molar-refractivity contribution in [1.82, 2.24) is 0 Å². The van der Waals surface area contributed by atoms with E-state index in [1.165, 1.54) is 0 Å². The normalized spacial score (nSPS) is 12.4. The van der Waals surface area contributed by atoms with Crippen molar-refractivity contribution in [2.24, 2.45) is 5.73 Å². The maximum atomic E-state index is 5.83. The molecule has 0 aromatic heterocycles. The van der Waals surface area contributed by atoms with Crippen molar-refractivity contribution < 1.29 is 9.47 Å². The van der Waals surface area contributed by atoms with Crippen LogP contribution in [-0.2, 0) is 0 Å². The van der Waals surface area contributed by atoms with Crippen molar-refractivity contribution >= 4 is 0 Å². The molecule has 0 aliphatic carbocycles. The van der Waals surface area contributed by atoms with Crippen molar-refractivity contribution in [3.8, 4) is 11.5 Å². The summed E-state index contributed by atoms with van der Waals surface area (Å²) in [6.45, 7) is 3.94. The van der Waals surface area contributed by atoms with Gasteiger partial charge in [-0.3, -0.25) is 0 Å². The van der Waals surface area contributed by atoms with Crippen LogP contribution in [0.25, 0.3) is 0 Å². The Labute approximate surface area is 84.8 Å². The lowest BCUT2D eigenvalue weighted by atomic mass is 10.0. The third-order valence-electron chi connectivity index (χ3n) is 2.33. The minimum atomic E-state index is 0.00908. The van der Waals surface area contributed by atoms with E-state index in [-0.39, 0.29) is 6.04 Å². The predicted octanol–water partition coefficient (Wildman–Crippen LogP) is 2.03. The second kappa shape index (κ2) is 4.33. The molecule has 1 aromatic rings. The van der Waals surface area contributed by atoms with E-state index < -0.39 is 0 Å². The van der Waals surface area contributed by atoms with Crippen molar-refractivity contribution in [2.75, 3.05) is 14.2 Å². The van der Waals surface area contributed by atoms with Gasteiger partial charge in [0.2, 0.25) is 0 Å². The molecule has 0 saturated carbocycles. The number of methoxy groups -OCH3 is 2. The van der Waals surface area contributed by atoms with E-state index in [2.05, 4.69) is 0 Å². The summed E-state index contributed by atoms with van der Waals surface area (Å²) in [5.41, 5.74) is 7.96. The quantitative estimate of drug-likeness (QED) is 0.802. The lowest BCUT2D eigenvalue weighted by molar-refractivity contribution is 0.352. The number of hydrogen-bond donors (Lipinski definition) is 1.